The van der Waals surface area contributed by atoms with E-state index >= 15 is 0 Å². The van der Waals surface area contributed by atoms with Crippen molar-refractivity contribution in [1.29, 1.82) is 0 Å². The van der Waals surface area contributed by atoms with Gasteiger partial charge in [0, 0.05) is 6.54 Å². The molecule has 1 aliphatic rings. The number of anilines is 1. The number of rotatable bonds is 3. The van der Waals surface area contributed by atoms with Crippen LogP contribution in [-0.2, 0) is 10.3 Å². The van der Waals surface area contributed by atoms with Crippen molar-refractivity contribution in [2.24, 2.45) is 0 Å². The fourth-order valence-electron chi connectivity index (χ4n) is 3.86. The van der Waals surface area contributed by atoms with Crippen LogP contribution in [0.3, 0.4) is 0 Å². The number of para-hydroxylation sites is 1. The molecule has 0 bridgehead atoms. The van der Waals surface area contributed by atoms with E-state index in [-0.39, 0.29) is 5.60 Å². The van der Waals surface area contributed by atoms with Crippen molar-refractivity contribution in [3.05, 3.63) is 78.8 Å². The van der Waals surface area contributed by atoms with Gasteiger partial charge in [-0.25, -0.2) is 14.6 Å². The molecule has 4 aromatic rings. The molecule has 3 heterocycles. The Morgan fingerprint density at radius 3 is 2.50 bits per heavy atom. The zero-order valence-corrected chi connectivity index (χ0v) is 15.7. The minimum absolute atomic E-state index is 0.383. The molecule has 1 unspecified atom stereocenters. The van der Waals surface area contributed by atoms with Crippen molar-refractivity contribution in [2.75, 3.05) is 24.6 Å². The van der Waals surface area contributed by atoms with Crippen molar-refractivity contribution in [3.8, 4) is 5.69 Å². The summed E-state index contributed by atoms with van der Waals surface area (Å²) < 4.78 is 8.04. The van der Waals surface area contributed by atoms with Crippen LogP contribution < -0.4 is 4.90 Å². The summed E-state index contributed by atoms with van der Waals surface area (Å²) in [5, 5.41) is 5.52. The number of hydrogen-bond donors (Lipinski definition) is 0. The van der Waals surface area contributed by atoms with E-state index < -0.39 is 0 Å². The lowest BCUT2D eigenvalue weighted by Crippen LogP contribution is -2.48. The van der Waals surface area contributed by atoms with Crippen LogP contribution in [0.2, 0.25) is 0 Å². The SMILES string of the molecule is CC1(c2ccccc2)CN(c2ncnc3c2cnn3-c2ccccc2)CCO1. The standard InChI is InChI=1S/C22H21N5O/c1-22(17-8-4-2-5-9-17)15-26(12-13-28-22)20-19-14-25-27(21(19)24-16-23-20)18-10-6-3-7-11-18/h2-11,14,16H,12-13,15H2,1H3. The molecule has 0 spiro atoms. The highest BCUT2D eigenvalue weighted by Gasteiger charge is 2.35. The second-order valence-corrected chi connectivity index (χ2v) is 7.19. The van der Waals surface area contributed by atoms with Crippen LogP contribution in [-0.4, -0.2) is 39.4 Å². The molecule has 1 atom stereocenters. The molecule has 2 aromatic heterocycles. The number of hydrogen-bond acceptors (Lipinski definition) is 5. The highest BCUT2D eigenvalue weighted by atomic mass is 16.5. The Hall–Kier alpha value is -3.25. The highest BCUT2D eigenvalue weighted by Crippen LogP contribution is 2.33. The van der Waals surface area contributed by atoms with Crippen LogP contribution in [0.25, 0.3) is 16.7 Å². The summed E-state index contributed by atoms with van der Waals surface area (Å²) in [6.07, 6.45) is 3.47. The van der Waals surface area contributed by atoms with Crippen molar-refractivity contribution >= 4 is 16.9 Å². The summed E-state index contributed by atoms with van der Waals surface area (Å²) in [6.45, 7) is 4.29. The van der Waals surface area contributed by atoms with Gasteiger partial charge in [-0.2, -0.15) is 5.10 Å². The average molecular weight is 371 g/mol. The molecule has 0 saturated carbocycles. The monoisotopic (exact) mass is 371 g/mol. The van der Waals surface area contributed by atoms with E-state index in [1.54, 1.807) is 6.33 Å². The minimum atomic E-state index is -0.383. The van der Waals surface area contributed by atoms with Gasteiger partial charge in [-0.15, -0.1) is 0 Å². The molecule has 0 aliphatic carbocycles. The summed E-state index contributed by atoms with van der Waals surface area (Å²) in [5.74, 6) is 0.901. The van der Waals surface area contributed by atoms with E-state index in [0.717, 1.165) is 35.6 Å². The second-order valence-electron chi connectivity index (χ2n) is 7.19. The zero-order valence-electron chi connectivity index (χ0n) is 15.7. The number of benzene rings is 2. The molecule has 0 radical (unpaired) electrons. The number of aromatic nitrogens is 4. The molecule has 6 nitrogen and oxygen atoms in total. The molecule has 1 fully saturated rings. The van der Waals surface area contributed by atoms with Crippen LogP contribution in [0.1, 0.15) is 12.5 Å². The largest absolute Gasteiger partial charge is 0.367 e. The topological polar surface area (TPSA) is 56.1 Å². The Kier molecular flexibility index (Phi) is 4.06. The first-order chi connectivity index (χ1) is 13.7. The van der Waals surface area contributed by atoms with Gasteiger partial charge in [0.15, 0.2) is 5.65 Å². The smallest absolute Gasteiger partial charge is 0.168 e. The predicted molar refractivity (Wildman–Crippen MR) is 109 cm³/mol. The van der Waals surface area contributed by atoms with Gasteiger partial charge >= 0.3 is 0 Å². The quantitative estimate of drug-likeness (QED) is 0.551. The normalized spacial score (nSPS) is 19.8. The number of morpholine rings is 1. The van der Waals surface area contributed by atoms with Crippen molar-refractivity contribution < 1.29 is 4.74 Å². The Morgan fingerprint density at radius 2 is 1.71 bits per heavy atom. The van der Waals surface area contributed by atoms with E-state index in [9.17, 15) is 0 Å². The molecule has 28 heavy (non-hydrogen) atoms. The molecule has 2 aromatic carbocycles. The Morgan fingerprint density at radius 1 is 0.964 bits per heavy atom. The lowest BCUT2D eigenvalue weighted by atomic mass is 9.94. The summed E-state index contributed by atoms with van der Waals surface area (Å²) in [6, 6.07) is 20.4. The third kappa shape index (κ3) is 2.82. The van der Waals surface area contributed by atoms with Gasteiger partial charge in [0.1, 0.15) is 17.7 Å². The van der Waals surface area contributed by atoms with E-state index in [1.165, 1.54) is 5.56 Å². The fraction of sp³-hybridized carbons (Fsp3) is 0.227. The van der Waals surface area contributed by atoms with E-state index in [0.29, 0.717) is 6.61 Å². The van der Waals surface area contributed by atoms with Crippen LogP contribution >= 0.6 is 0 Å². The first kappa shape index (κ1) is 16.9. The van der Waals surface area contributed by atoms with Crippen LogP contribution in [0.4, 0.5) is 5.82 Å². The first-order valence-corrected chi connectivity index (χ1v) is 9.43. The van der Waals surface area contributed by atoms with Crippen LogP contribution in [0.15, 0.2) is 73.2 Å². The van der Waals surface area contributed by atoms with Crippen molar-refractivity contribution in [3.63, 3.8) is 0 Å². The highest BCUT2D eigenvalue weighted by molar-refractivity contribution is 5.87. The molecular weight excluding hydrogens is 350 g/mol. The lowest BCUT2D eigenvalue weighted by Gasteiger charge is -2.41. The zero-order chi connectivity index (χ0) is 19.0. The molecule has 1 saturated heterocycles. The van der Waals surface area contributed by atoms with Gasteiger partial charge in [-0.3, -0.25) is 0 Å². The molecular formula is C22H21N5O. The molecule has 6 heteroatoms. The summed E-state index contributed by atoms with van der Waals surface area (Å²) in [4.78, 5) is 11.4. The fourth-order valence-corrected chi connectivity index (χ4v) is 3.86. The summed E-state index contributed by atoms with van der Waals surface area (Å²) in [7, 11) is 0. The van der Waals surface area contributed by atoms with Gasteiger partial charge in [0.2, 0.25) is 0 Å². The number of nitrogens with zero attached hydrogens (tertiary/aromatic N) is 5. The minimum Gasteiger partial charge on any atom is -0.367 e. The first-order valence-electron chi connectivity index (χ1n) is 9.43. The maximum absolute atomic E-state index is 6.18. The Balaban J connectivity index is 1.54. The molecule has 1 aliphatic heterocycles. The molecule has 0 N–H and O–H groups in total. The van der Waals surface area contributed by atoms with Crippen molar-refractivity contribution in [1.82, 2.24) is 19.7 Å². The van der Waals surface area contributed by atoms with E-state index in [2.05, 4.69) is 51.2 Å². The third-order valence-corrected chi connectivity index (χ3v) is 5.30. The van der Waals surface area contributed by atoms with Gasteiger partial charge in [-0.1, -0.05) is 48.5 Å². The second kappa shape index (κ2) is 6.73. The van der Waals surface area contributed by atoms with Crippen molar-refractivity contribution in [2.45, 2.75) is 12.5 Å². The van der Waals surface area contributed by atoms with E-state index in [4.69, 9.17) is 4.74 Å². The maximum Gasteiger partial charge on any atom is 0.168 e. The Labute approximate surface area is 163 Å². The molecule has 5 rings (SSSR count). The van der Waals surface area contributed by atoms with Gasteiger partial charge in [0.05, 0.1) is 30.4 Å². The number of fused-ring (bicyclic) bond motifs is 1. The lowest BCUT2D eigenvalue weighted by molar-refractivity contribution is -0.0467. The number of ether oxygens (including phenoxy) is 1. The molecule has 140 valence electrons. The van der Waals surface area contributed by atoms with Gasteiger partial charge in [-0.05, 0) is 24.6 Å². The van der Waals surface area contributed by atoms with Crippen LogP contribution in [0, 0.1) is 0 Å². The van der Waals surface area contributed by atoms with E-state index in [1.807, 2.05) is 47.3 Å². The Bertz CT molecular complexity index is 1100. The molecule has 0 amide bonds. The average Bonchev–Trinajstić information content (AvgIpc) is 3.19. The third-order valence-electron chi connectivity index (χ3n) is 5.30. The summed E-state index contributed by atoms with van der Waals surface area (Å²) in [5.41, 5.74) is 2.58. The predicted octanol–water partition coefficient (Wildman–Crippen LogP) is 3.57. The summed E-state index contributed by atoms with van der Waals surface area (Å²) >= 11 is 0. The maximum atomic E-state index is 6.18. The van der Waals surface area contributed by atoms with Crippen LogP contribution in [0.5, 0.6) is 0 Å². The van der Waals surface area contributed by atoms with Gasteiger partial charge in [0.25, 0.3) is 0 Å². The van der Waals surface area contributed by atoms with Gasteiger partial charge < -0.3 is 9.64 Å².